The molecule has 0 aliphatic carbocycles. The van der Waals surface area contributed by atoms with Crippen LogP contribution in [0.4, 0.5) is 0 Å². The van der Waals surface area contributed by atoms with Gasteiger partial charge in [-0.2, -0.15) is 0 Å². The minimum atomic E-state index is -0.212. The molecule has 1 aromatic carbocycles. The summed E-state index contributed by atoms with van der Waals surface area (Å²) in [6.07, 6.45) is 10.4. The minimum absolute atomic E-state index is 0.150. The molecule has 3 amide bonds. The van der Waals surface area contributed by atoms with Crippen molar-refractivity contribution in [2.45, 2.75) is 70.6 Å². The molecule has 180 valence electrons. The first kappa shape index (κ1) is 24.9. The van der Waals surface area contributed by atoms with Gasteiger partial charge in [0.15, 0.2) is 0 Å². The number of likely N-dealkylation sites (tertiary alicyclic amines) is 1. The molecule has 1 atom stereocenters. The molecule has 0 N–H and O–H groups in total. The molecular weight excluding hydrogens is 420 g/mol. The number of fused-ring (bicyclic) bond motifs is 1. The Kier molecular flexibility index (Phi) is 9.46. The van der Waals surface area contributed by atoms with E-state index >= 15 is 0 Å². The molecule has 1 saturated heterocycles. The van der Waals surface area contributed by atoms with Gasteiger partial charge in [-0.15, -0.1) is 0 Å². The monoisotopic (exact) mass is 456 g/mol. The lowest BCUT2D eigenvalue weighted by Crippen LogP contribution is -2.42. The number of amides is 3. The molecule has 3 rings (SSSR count). The number of benzene rings is 1. The molecule has 1 aromatic rings. The Morgan fingerprint density at radius 3 is 2.09 bits per heavy atom. The SMILES string of the molecule is COC(=O)C1CCCN(C(=O)CCCCCCCCCCN2C(=O)c3ccccc3C2=O)C1. The van der Waals surface area contributed by atoms with Crippen LogP contribution in [0.3, 0.4) is 0 Å². The number of hydrogen-bond donors (Lipinski definition) is 0. The fourth-order valence-electron chi connectivity index (χ4n) is 4.77. The maximum absolute atomic E-state index is 12.4. The summed E-state index contributed by atoms with van der Waals surface area (Å²) in [5.74, 6) is -0.580. The zero-order chi connectivity index (χ0) is 23.6. The quantitative estimate of drug-likeness (QED) is 0.267. The Labute approximate surface area is 196 Å². The van der Waals surface area contributed by atoms with Crippen molar-refractivity contribution >= 4 is 23.7 Å². The average Bonchev–Trinajstić information content (AvgIpc) is 3.09. The minimum Gasteiger partial charge on any atom is -0.469 e. The lowest BCUT2D eigenvalue weighted by molar-refractivity contribution is -0.149. The molecule has 1 fully saturated rings. The number of carbonyl (C=O) groups is 4. The first-order valence-corrected chi connectivity index (χ1v) is 12.3. The second-order valence-electron chi connectivity index (χ2n) is 9.09. The molecule has 1 unspecified atom stereocenters. The van der Waals surface area contributed by atoms with Gasteiger partial charge in [-0.1, -0.05) is 50.7 Å². The van der Waals surface area contributed by atoms with E-state index in [1.54, 1.807) is 24.3 Å². The van der Waals surface area contributed by atoms with Gasteiger partial charge in [0.2, 0.25) is 5.91 Å². The first-order valence-electron chi connectivity index (χ1n) is 12.3. The highest BCUT2D eigenvalue weighted by Gasteiger charge is 2.34. The van der Waals surface area contributed by atoms with E-state index < -0.39 is 0 Å². The highest BCUT2D eigenvalue weighted by Crippen LogP contribution is 2.23. The van der Waals surface area contributed by atoms with Crippen molar-refractivity contribution in [3.8, 4) is 0 Å². The Bertz CT molecular complexity index is 818. The normalized spacial score (nSPS) is 17.9. The lowest BCUT2D eigenvalue weighted by atomic mass is 9.97. The van der Waals surface area contributed by atoms with Gasteiger partial charge in [0.05, 0.1) is 24.2 Å². The highest BCUT2D eigenvalue weighted by atomic mass is 16.5. The number of rotatable bonds is 12. The summed E-state index contributed by atoms with van der Waals surface area (Å²) in [5, 5.41) is 0. The summed E-state index contributed by atoms with van der Waals surface area (Å²) >= 11 is 0. The second-order valence-corrected chi connectivity index (χ2v) is 9.09. The van der Waals surface area contributed by atoms with Crippen LogP contribution >= 0.6 is 0 Å². The Morgan fingerprint density at radius 2 is 1.48 bits per heavy atom. The highest BCUT2D eigenvalue weighted by molar-refractivity contribution is 6.21. The van der Waals surface area contributed by atoms with E-state index in [1.165, 1.54) is 12.0 Å². The van der Waals surface area contributed by atoms with Crippen molar-refractivity contribution in [2.24, 2.45) is 5.92 Å². The third-order valence-electron chi connectivity index (χ3n) is 6.71. The van der Waals surface area contributed by atoms with Crippen LogP contribution in [0.25, 0.3) is 0 Å². The maximum atomic E-state index is 12.4. The predicted octanol–water partition coefficient (Wildman–Crippen LogP) is 4.21. The third kappa shape index (κ3) is 6.65. The van der Waals surface area contributed by atoms with Crippen molar-refractivity contribution in [3.05, 3.63) is 35.4 Å². The van der Waals surface area contributed by atoms with E-state index in [1.807, 2.05) is 4.90 Å². The van der Waals surface area contributed by atoms with Crippen LogP contribution < -0.4 is 0 Å². The zero-order valence-corrected chi connectivity index (χ0v) is 19.7. The molecule has 0 saturated carbocycles. The molecule has 2 aliphatic heterocycles. The number of unbranched alkanes of at least 4 members (excludes halogenated alkanes) is 7. The van der Waals surface area contributed by atoms with Crippen molar-refractivity contribution in [3.63, 3.8) is 0 Å². The fraction of sp³-hybridized carbons (Fsp3) is 0.615. The fourth-order valence-corrected chi connectivity index (χ4v) is 4.77. The van der Waals surface area contributed by atoms with E-state index in [9.17, 15) is 19.2 Å². The number of piperidine rings is 1. The third-order valence-corrected chi connectivity index (χ3v) is 6.71. The van der Waals surface area contributed by atoms with Gasteiger partial charge < -0.3 is 9.64 Å². The molecule has 2 aliphatic rings. The first-order chi connectivity index (χ1) is 16.0. The van der Waals surface area contributed by atoms with Gasteiger partial charge in [-0.05, 0) is 37.8 Å². The number of imide groups is 1. The summed E-state index contributed by atoms with van der Waals surface area (Å²) in [6, 6.07) is 7.01. The molecular formula is C26H36N2O5. The van der Waals surface area contributed by atoms with E-state index in [-0.39, 0.29) is 29.6 Å². The Hall–Kier alpha value is -2.70. The molecule has 0 radical (unpaired) electrons. The number of nitrogens with zero attached hydrogens (tertiary/aromatic N) is 2. The second kappa shape index (κ2) is 12.5. The molecule has 2 heterocycles. The van der Waals surface area contributed by atoms with E-state index in [2.05, 4.69) is 0 Å². The van der Waals surface area contributed by atoms with Crippen LogP contribution in [0.5, 0.6) is 0 Å². The van der Waals surface area contributed by atoms with Gasteiger partial charge in [0.1, 0.15) is 0 Å². The number of methoxy groups -OCH3 is 1. The van der Waals surface area contributed by atoms with Crippen LogP contribution in [0, 0.1) is 5.92 Å². The van der Waals surface area contributed by atoms with Gasteiger partial charge in [0.25, 0.3) is 11.8 Å². The lowest BCUT2D eigenvalue weighted by Gasteiger charge is -2.31. The largest absolute Gasteiger partial charge is 0.469 e. The molecule has 7 heteroatoms. The Balaban J connectivity index is 1.19. The van der Waals surface area contributed by atoms with Gasteiger partial charge in [-0.3, -0.25) is 24.1 Å². The van der Waals surface area contributed by atoms with Crippen molar-refractivity contribution < 1.29 is 23.9 Å². The van der Waals surface area contributed by atoms with Crippen LogP contribution in [0.2, 0.25) is 0 Å². The van der Waals surface area contributed by atoms with Crippen LogP contribution in [-0.2, 0) is 14.3 Å². The van der Waals surface area contributed by atoms with Crippen LogP contribution in [0.1, 0.15) is 91.3 Å². The Morgan fingerprint density at radius 1 is 0.909 bits per heavy atom. The summed E-state index contributed by atoms with van der Waals surface area (Å²) in [6.45, 7) is 1.72. The maximum Gasteiger partial charge on any atom is 0.310 e. The topological polar surface area (TPSA) is 84.0 Å². The molecule has 0 aromatic heterocycles. The zero-order valence-electron chi connectivity index (χ0n) is 19.7. The summed E-state index contributed by atoms with van der Waals surface area (Å²) in [7, 11) is 1.40. The summed E-state index contributed by atoms with van der Waals surface area (Å²) < 4.78 is 4.82. The van der Waals surface area contributed by atoms with Crippen molar-refractivity contribution in [1.29, 1.82) is 0 Å². The van der Waals surface area contributed by atoms with Gasteiger partial charge >= 0.3 is 5.97 Å². The predicted molar refractivity (Wildman–Crippen MR) is 125 cm³/mol. The molecule has 7 nitrogen and oxygen atoms in total. The molecule has 0 bridgehead atoms. The van der Waals surface area contributed by atoms with E-state index in [4.69, 9.17) is 4.74 Å². The van der Waals surface area contributed by atoms with E-state index in [0.717, 1.165) is 70.8 Å². The molecule has 33 heavy (non-hydrogen) atoms. The smallest absolute Gasteiger partial charge is 0.310 e. The standard InChI is InChI=1S/C26H36N2O5/c1-33-26(32)20-13-12-17-27(19-20)23(29)16-8-6-4-2-3-5-7-11-18-28-24(30)21-14-9-10-15-22(21)25(28)31/h9-10,14-15,20H,2-8,11-13,16-19H2,1H3. The average molecular weight is 457 g/mol. The van der Waals surface area contributed by atoms with Gasteiger partial charge in [-0.25, -0.2) is 0 Å². The summed E-state index contributed by atoms with van der Waals surface area (Å²) in [5.41, 5.74) is 1.04. The van der Waals surface area contributed by atoms with Crippen molar-refractivity contribution in [1.82, 2.24) is 9.80 Å². The van der Waals surface area contributed by atoms with Crippen molar-refractivity contribution in [2.75, 3.05) is 26.7 Å². The van der Waals surface area contributed by atoms with Crippen LogP contribution in [0.15, 0.2) is 24.3 Å². The van der Waals surface area contributed by atoms with E-state index in [0.29, 0.717) is 30.6 Å². The summed E-state index contributed by atoms with van der Waals surface area (Å²) in [4.78, 5) is 52.0. The van der Waals surface area contributed by atoms with Gasteiger partial charge in [0, 0.05) is 26.1 Å². The van der Waals surface area contributed by atoms with Crippen LogP contribution in [-0.4, -0.2) is 60.2 Å². The number of carbonyl (C=O) groups excluding carboxylic acids is 4. The number of esters is 1. The number of ether oxygens (including phenoxy) is 1. The molecule has 0 spiro atoms. The number of hydrogen-bond acceptors (Lipinski definition) is 5.